The number of rotatable bonds is 12. The maximum atomic E-state index is 12.1. The zero-order valence-corrected chi connectivity index (χ0v) is 65.3. The van der Waals surface area contributed by atoms with Crippen LogP contribution in [-0.2, 0) is 109 Å². The van der Waals surface area contributed by atoms with Crippen LogP contribution in [0.5, 0.6) is 0 Å². The highest BCUT2D eigenvalue weighted by molar-refractivity contribution is 7.86. The van der Waals surface area contributed by atoms with E-state index >= 15 is 0 Å². The number of hydrogen-bond donors (Lipinski definition) is 22. The number of nitrogens with zero attached hydrogens (tertiary/aromatic N) is 2. The Hall–Kier alpha value is -4.96. The third-order valence-corrected chi connectivity index (χ3v) is 23.2. The highest BCUT2D eigenvalue weighted by atomic mass is 32.2. The molecule has 0 unspecified atom stereocenters. The molecule has 30 aliphatic rings. The number of aromatic nitrogens is 2. The molecule has 34 rings (SSSR count). The molecule has 30 fully saturated rings. The smallest absolute Gasteiger partial charge is 0.187 e. The summed E-state index contributed by atoms with van der Waals surface area (Å²) in [7, 11) is -8.54. The molecule has 120 heavy (non-hydrogen) atoms. The predicted molar refractivity (Wildman–Crippen MR) is 378 cm³/mol. The quantitative estimate of drug-likeness (QED) is 0.0463. The molecule has 676 valence electrons. The SMILES string of the molecule is Cc1ccc(S(=O)(=O)[O-])cc1.Cc1ccc(S(=O)(=O)[O-])cc1.OC[C@H]1O[C@@H]2O[C@H]3[C@H](O)[C@@H](O)[C@@H](O[C@H]4[C@H](O)[C@H](O)[C@@H](O[C@H]5[C@@H](O)[C@H](O)[C@@H](O[C@H]6[C@@H](O)[C@H](O)[C@@H](O[C@H]7[C@@H](O)[C@@H](O)[C@@H](O[C@H]8[C@H](O)[C@@H](O)[C@@H](O[C@H]9[C@H](O)[C@@H](O)[C@@H](O[C@H]1[C@H](O)[C@H]2O)O[C@@H]9CO)O[C@@H]8CO)O[C@@H]7CO)O[C@@H]6CO)O[C@@H]5CO)O[C@@H]4C[n+]1ccccc1)O[C@@H]3C[n+]1ccccc1. The van der Waals surface area contributed by atoms with Gasteiger partial charge in [-0.25, -0.2) is 26.0 Å². The third kappa shape index (κ3) is 21.8. The molecule has 4 aromatic rings. The minimum Gasteiger partial charge on any atom is -0.744 e. The molecule has 16 bridgehead atoms. The first kappa shape index (κ1) is 95.7. The number of benzene rings is 2. The number of hydrogen-bond acceptors (Lipinski definition) is 44. The number of pyridine rings is 2. The van der Waals surface area contributed by atoms with Crippen LogP contribution in [-0.4, -0.2) is 424 Å². The van der Waals surface area contributed by atoms with Gasteiger partial charge in [-0.15, -0.1) is 0 Å². The topological polar surface area (TPSA) is 715 Å². The molecule has 48 heteroatoms. The molecule has 40 atom stereocenters. The molecular formula is C72H102N2O44S2. The molecule has 0 spiro atoms. The standard InChI is InChI=1S/C58H88N2O38.2C7H8O3S/c61-13-21-45-30(70)38(78)54(86-21)95-47-23(15-63)88-56(40(80)32(47)72)97-49-25(17-65)90-58(42(82)34(49)74)98-50-26(18-66)89-57(41(81)33(50)73)96-48-24(16-64)87-55(39(79)31(48)71)94-46-22(14-62)85-53(37(77)29(46)69)92-44-20(12-60-9-5-2-6-10-60)83-51(35(75)27(44)67)91-43-19(11-59-7-3-1-4-8-59)84-52(93-45)36(76)28(43)68;2*1-6-2-4-7(5-3-6)11(8,9)10/h1-10,19-58,61-82H,11-18H2;2*2-5H,1H3,(H,8,9,10)/q+2;;/p-2/t19-,20-,21-,22-,23-,24-,25-,26-,27-,28-,29-,30+,31-,32+,33-,34+,35-,36+,37-,38+,39-,40+,41-,42-,43-,44-,45-,46-,47-,48-,49-,50-,51-,52-,53-,54-,55-,56-,57-,58-;;/m1../s1. The predicted octanol–water partition coefficient (Wildman–Crippen LogP) is -13.6. The van der Waals surface area contributed by atoms with Crippen LogP contribution >= 0.6 is 0 Å². The molecule has 30 aliphatic heterocycles. The molecule has 0 amide bonds. The summed E-state index contributed by atoms with van der Waals surface area (Å²) in [5, 5.41) is 250. The van der Waals surface area contributed by atoms with E-state index in [1.54, 1.807) is 94.6 Å². The zero-order valence-electron chi connectivity index (χ0n) is 63.7. The number of ether oxygens (including phenoxy) is 16. The van der Waals surface area contributed by atoms with Crippen LogP contribution < -0.4 is 9.13 Å². The van der Waals surface area contributed by atoms with E-state index in [4.69, 9.17) is 75.8 Å². The maximum absolute atomic E-state index is 12.1. The Labute approximate surface area is 683 Å². The first-order valence-corrected chi connectivity index (χ1v) is 40.7. The van der Waals surface area contributed by atoms with Gasteiger partial charge in [-0.3, -0.25) is 0 Å². The summed E-state index contributed by atoms with van der Waals surface area (Å²) >= 11 is 0. The van der Waals surface area contributed by atoms with Crippen molar-refractivity contribution in [3.8, 4) is 0 Å². The van der Waals surface area contributed by atoms with E-state index in [2.05, 4.69) is 0 Å². The van der Waals surface area contributed by atoms with Crippen LogP contribution in [0.25, 0.3) is 0 Å². The van der Waals surface area contributed by atoms with E-state index in [0.717, 1.165) is 11.1 Å². The molecule has 2 aromatic carbocycles. The Morgan fingerprint density at radius 1 is 0.250 bits per heavy atom. The Kier molecular flexibility index (Phi) is 33.2. The van der Waals surface area contributed by atoms with Gasteiger partial charge in [0.1, 0.15) is 216 Å². The van der Waals surface area contributed by atoms with Crippen molar-refractivity contribution < 1.29 is 223 Å². The molecule has 0 radical (unpaired) electrons. The van der Waals surface area contributed by atoms with Crippen LogP contribution in [0.2, 0.25) is 0 Å². The van der Waals surface area contributed by atoms with Crippen molar-refractivity contribution in [2.24, 2.45) is 0 Å². The monoisotopic (exact) mass is 1760 g/mol. The molecular weight excluding hydrogens is 1660 g/mol. The van der Waals surface area contributed by atoms with Crippen LogP contribution in [0.1, 0.15) is 11.1 Å². The second-order valence-electron chi connectivity index (χ2n) is 29.8. The zero-order chi connectivity index (χ0) is 87.3. The Morgan fingerprint density at radius 2 is 0.408 bits per heavy atom. The van der Waals surface area contributed by atoms with E-state index in [9.17, 15) is 138 Å². The van der Waals surface area contributed by atoms with Crippen LogP contribution in [0.3, 0.4) is 0 Å². The van der Waals surface area contributed by atoms with Gasteiger partial charge in [0, 0.05) is 24.3 Å². The van der Waals surface area contributed by atoms with Crippen LogP contribution in [0.15, 0.2) is 120 Å². The lowest BCUT2D eigenvalue weighted by atomic mass is 9.94. The number of aryl methyl sites for hydroxylation is 2. The third-order valence-electron chi connectivity index (χ3n) is 21.5. The minimum atomic E-state index is -4.27. The lowest BCUT2D eigenvalue weighted by Crippen LogP contribution is -2.69. The second kappa shape index (κ2) is 41.7. The van der Waals surface area contributed by atoms with Gasteiger partial charge in [0.25, 0.3) is 0 Å². The number of aliphatic hydroxyl groups excluding tert-OH is 22. The molecule has 46 nitrogen and oxygen atoms in total. The molecule has 22 N–H and O–H groups in total. The van der Waals surface area contributed by atoms with Crippen molar-refractivity contribution >= 4 is 20.2 Å². The summed E-state index contributed by atoms with van der Waals surface area (Å²) in [4.78, 5) is -0.355. The van der Waals surface area contributed by atoms with Gasteiger partial charge in [0.05, 0.1) is 49.4 Å². The molecule has 2 aromatic heterocycles. The van der Waals surface area contributed by atoms with E-state index in [-0.39, 0.29) is 22.9 Å². The van der Waals surface area contributed by atoms with E-state index < -0.39 is 306 Å². The average molecular weight is 1760 g/mol. The highest BCUT2D eigenvalue weighted by Crippen LogP contribution is 2.40. The fourth-order valence-electron chi connectivity index (χ4n) is 14.8. The lowest BCUT2D eigenvalue weighted by molar-refractivity contribution is -0.709. The summed E-state index contributed by atoms with van der Waals surface area (Å²) in [5.41, 5.74) is 1.86. The molecule has 0 saturated carbocycles. The molecule has 30 saturated heterocycles. The van der Waals surface area contributed by atoms with Crippen molar-refractivity contribution in [3.63, 3.8) is 0 Å². The van der Waals surface area contributed by atoms with Crippen molar-refractivity contribution in [1.82, 2.24) is 0 Å². The number of aliphatic hydroxyl groups is 22. The normalized spacial score (nSPS) is 43.6. The Balaban J connectivity index is 0.000000554. The van der Waals surface area contributed by atoms with Crippen molar-refractivity contribution in [2.75, 3.05) is 39.6 Å². The van der Waals surface area contributed by atoms with E-state index in [0.29, 0.717) is 0 Å². The van der Waals surface area contributed by atoms with E-state index in [1.807, 2.05) is 13.8 Å². The van der Waals surface area contributed by atoms with E-state index in [1.165, 1.54) is 24.3 Å². The fourth-order valence-corrected chi connectivity index (χ4v) is 15.8. The summed E-state index contributed by atoms with van der Waals surface area (Å²) in [6.45, 7) is -3.21. The van der Waals surface area contributed by atoms with Crippen molar-refractivity contribution in [3.05, 3.63) is 121 Å². The highest BCUT2D eigenvalue weighted by Gasteiger charge is 2.61. The Morgan fingerprint density at radius 3 is 0.567 bits per heavy atom. The molecule has 32 heterocycles. The summed E-state index contributed by atoms with van der Waals surface area (Å²) < 4.78 is 160. The largest absolute Gasteiger partial charge is 0.744 e. The van der Waals surface area contributed by atoms with Gasteiger partial charge in [-0.1, -0.05) is 47.5 Å². The van der Waals surface area contributed by atoms with Gasteiger partial charge in [-0.2, -0.15) is 0 Å². The van der Waals surface area contributed by atoms with Gasteiger partial charge in [-0.05, 0) is 38.1 Å². The molecule has 0 aliphatic carbocycles. The lowest BCUT2D eigenvalue weighted by Gasteiger charge is -2.50. The fraction of sp³-hybridized carbons (Fsp3) is 0.694. The average Bonchev–Trinajstić information content (AvgIpc) is 0.771. The minimum absolute atomic E-state index is 0.178. The van der Waals surface area contributed by atoms with Crippen molar-refractivity contribution in [2.45, 2.75) is 282 Å². The second-order valence-corrected chi connectivity index (χ2v) is 32.5. The first-order valence-electron chi connectivity index (χ1n) is 37.9. The maximum Gasteiger partial charge on any atom is 0.187 e. The van der Waals surface area contributed by atoms with Gasteiger partial charge in [0.15, 0.2) is 88.2 Å². The summed E-state index contributed by atoms with van der Waals surface area (Å²) in [6, 6.07) is 21.4. The summed E-state index contributed by atoms with van der Waals surface area (Å²) in [5.74, 6) is 0. The summed E-state index contributed by atoms with van der Waals surface area (Å²) in [6.07, 6.45) is -73.5. The van der Waals surface area contributed by atoms with Crippen molar-refractivity contribution in [1.29, 1.82) is 0 Å². The van der Waals surface area contributed by atoms with Gasteiger partial charge < -0.3 is 197 Å². The first-order chi connectivity index (χ1) is 56.9. The van der Waals surface area contributed by atoms with Crippen LogP contribution in [0.4, 0.5) is 0 Å². The van der Waals surface area contributed by atoms with Crippen LogP contribution in [0, 0.1) is 13.8 Å². The Bertz CT molecular complexity index is 3910. The van der Waals surface area contributed by atoms with Gasteiger partial charge in [0.2, 0.25) is 0 Å². The van der Waals surface area contributed by atoms with Gasteiger partial charge >= 0.3 is 0 Å².